The van der Waals surface area contributed by atoms with Gasteiger partial charge >= 0.3 is 0 Å². The molecule has 0 radical (unpaired) electrons. The number of hydrazine groups is 1. The molecule has 24 heavy (non-hydrogen) atoms. The highest BCUT2D eigenvalue weighted by molar-refractivity contribution is 7.80. The van der Waals surface area contributed by atoms with Crippen molar-refractivity contribution in [3.8, 4) is 5.75 Å². The average Bonchev–Trinajstić information content (AvgIpc) is 2.82. The normalized spacial score (nSPS) is 21.1. The van der Waals surface area contributed by atoms with Gasteiger partial charge in [0.25, 0.3) is 0 Å². The van der Waals surface area contributed by atoms with Crippen molar-refractivity contribution in [3.63, 3.8) is 0 Å². The maximum atomic E-state index is 6.52. The van der Waals surface area contributed by atoms with Gasteiger partial charge in [0.2, 0.25) is 0 Å². The molecule has 0 spiro atoms. The second-order valence-electron chi connectivity index (χ2n) is 6.15. The summed E-state index contributed by atoms with van der Waals surface area (Å²) in [6.45, 7) is 4.07. The predicted octanol–water partition coefficient (Wildman–Crippen LogP) is 2.50. The molecule has 0 saturated carbocycles. The van der Waals surface area contributed by atoms with Crippen LogP contribution < -0.4 is 21.3 Å². The lowest BCUT2D eigenvalue weighted by Crippen LogP contribution is -2.55. The number of rotatable bonds is 4. The first-order valence-corrected chi connectivity index (χ1v) is 8.08. The molecule has 5 nitrogen and oxygen atoms in total. The SMILES string of the molecule is COc1ccccc1[C@]1(NNC(N)=S)OC(C)(C)c2ccccc21. The van der Waals surface area contributed by atoms with Crippen LogP contribution >= 0.6 is 12.2 Å². The number of fused-ring (bicyclic) bond motifs is 1. The number of hydrogen-bond donors (Lipinski definition) is 3. The van der Waals surface area contributed by atoms with Crippen LogP contribution in [0.15, 0.2) is 48.5 Å². The van der Waals surface area contributed by atoms with Crippen LogP contribution in [0, 0.1) is 0 Å². The van der Waals surface area contributed by atoms with Crippen LogP contribution in [0.4, 0.5) is 0 Å². The van der Waals surface area contributed by atoms with Gasteiger partial charge in [0, 0.05) is 11.1 Å². The van der Waals surface area contributed by atoms with Crippen molar-refractivity contribution in [1.29, 1.82) is 0 Å². The first-order valence-electron chi connectivity index (χ1n) is 7.67. The zero-order valence-electron chi connectivity index (χ0n) is 13.9. The first-order chi connectivity index (χ1) is 11.4. The van der Waals surface area contributed by atoms with Crippen molar-refractivity contribution in [3.05, 3.63) is 65.2 Å². The second kappa shape index (κ2) is 6.05. The van der Waals surface area contributed by atoms with Gasteiger partial charge in [-0.25, -0.2) is 0 Å². The molecular weight excluding hydrogens is 322 g/mol. The molecule has 0 amide bonds. The standard InChI is InChI=1S/C18H21N3O2S/c1-17(2)12-8-4-5-9-13(12)18(23-17,21-20-16(19)24)14-10-6-7-11-15(14)22-3/h4-11,21H,1-3H3,(H3,19,20,24)/t18-/m1/s1. The Morgan fingerprint density at radius 2 is 1.62 bits per heavy atom. The molecular formula is C18H21N3O2S. The highest BCUT2D eigenvalue weighted by atomic mass is 32.1. The van der Waals surface area contributed by atoms with E-state index in [-0.39, 0.29) is 5.11 Å². The van der Waals surface area contributed by atoms with E-state index < -0.39 is 11.3 Å². The van der Waals surface area contributed by atoms with Gasteiger partial charge in [0.15, 0.2) is 10.8 Å². The van der Waals surface area contributed by atoms with E-state index in [9.17, 15) is 0 Å². The van der Waals surface area contributed by atoms with Gasteiger partial charge in [0.05, 0.1) is 12.7 Å². The number of nitrogens with one attached hydrogen (secondary N) is 2. The molecule has 1 heterocycles. The fourth-order valence-electron chi connectivity index (χ4n) is 3.25. The number of benzene rings is 2. The van der Waals surface area contributed by atoms with Crippen LogP contribution in [-0.2, 0) is 16.1 Å². The van der Waals surface area contributed by atoms with Crippen LogP contribution in [-0.4, -0.2) is 12.2 Å². The Balaban J connectivity index is 2.24. The van der Waals surface area contributed by atoms with E-state index >= 15 is 0 Å². The molecule has 3 rings (SSSR count). The zero-order chi connectivity index (χ0) is 17.4. The molecule has 4 N–H and O–H groups in total. The van der Waals surface area contributed by atoms with Crippen LogP contribution in [0.25, 0.3) is 0 Å². The van der Waals surface area contributed by atoms with E-state index in [0.717, 1.165) is 16.7 Å². The summed E-state index contributed by atoms with van der Waals surface area (Å²) in [7, 11) is 1.64. The third-order valence-corrected chi connectivity index (χ3v) is 4.31. The van der Waals surface area contributed by atoms with Crippen molar-refractivity contribution in [2.24, 2.45) is 5.73 Å². The van der Waals surface area contributed by atoms with Gasteiger partial charge in [0.1, 0.15) is 5.75 Å². The zero-order valence-corrected chi connectivity index (χ0v) is 14.7. The Morgan fingerprint density at radius 3 is 2.25 bits per heavy atom. The van der Waals surface area contributed by atoms with Crippen LogP contribution in [0.2, 0.25) is 0 Å². The van der Waals surface area contributed by atoms with Gasteiger partial charge in [-0.3, -0.25) is 5.43 Å². The second-order valence-corrected chi connectivity index (χ2v) is 6.59. The van der Waals surface area contributed by atoms with Crippen LogP contribution in [0.1, 0.15) is 30.5 Å². The molecule has 2 aromatic rings. The van der Waals surface area contributed by atoms with E-state index in [2.05, 4.69) is 16.9 Å². The largest absolute Gasteiger partial charge is 0.496 e. The lowest BCUT2D eigenvalue weighted by Gasteiger charge is -2.35. The molecule has 126 valence electrons. The molecule has 1 atom stereocenters. The number of hydrogen-bond acceptors (Lipinski definition) is 4. The van der Waals surface area contributed by atoms with E-state index in [1.165, 1.54) is 0 Å². The van der Waals surface area contributed by atoms with Crippen LogP contribution in [0.5, 0.6) is 5.75 Å². The Hall–Kier alpha value is -2.15. The average molecular weight is 343 g/mol. The molecule has 6 heteroatoms. The smallest absolute Gasteiger partial charge is 0.192 e. The third kappa shape index (κ3) is 2.62. The molecule has 0 saturated heterocycles. The van der Waals surface area contributed by atoms with Crippen molar-refractivity contribution in [1.82, 2.24) is 10.9 Å². The van der Waals surface area contributed by atoms with Crippen molar-refractivity contribution in [2.75, 3.05) is 7.11 Å². The van der Waals surface area contributed by atoms with E-state index in [1.807, 2.05) is 56.3 Å². The molecule has 0 bridgehead atoms. The summed E-state index contributed by atoms with van der Waals surface area (Å²) in [5.41, 5.74) is 13.1. The summed E-state index contributed by atoms with van der Waals surface area (Å²) in [6.07, 6.45) is 0. The number of nitrogens with two attached hydrogens (primary N) is 1. The number of methoxy groups -OCH3 is 1. The first kappa shape index (κ1) is 16.7. The lowest BCUT2D eigenvalue weighted by molar-refractivity contribution is -0.124. The van der Waals surface area contributed by atoms with Crippen molar-refractivity contribution >= 4 is 17.3 Å². The highest BCUT2D eigenvalue weighted by Crippen LogP contribution is 2.50. The summed E-state index contributed by atoms with van der Waals surface area (Å²) in [6, 6.07) is 15.8. The Morgan fingerprint density at radius 1 is 1.04 bits per heavy atom. The summed E-state index contributed by atoms with van der Waals surface area (Å²) >= 11 is 4.96. The van der Waals surface area contributed by atoms with Gasteiger partial charge < -0.3 is 15.2 Å². The maximum Gasteiger partial charge on any atom is 0.192 e. The van der Waals surface area contributed by atoms with Crippen molar-refractivity contribution in [2.45, 2.75) is 25.2 Å². The molecule has 0 aliphatic carbocycles. The fraction of sp³-hybridized carbons (Fsp3) is 0.278. The van der Waals surface area contributed by atoms with E-state index in [4.69, 9.17) is 27.4 Å². The summed E-state index contributed by atoms with van der Waals surface area (Å²) in [5, 5.41) is 0.134. The Labute approximate surface area is 147 Å². The minimum atomic E-state index is -0.976. The topological polar surface area (TPSA) is 68.5 Å². The maximum absolute atomic E-state index is 6.52. The summed E-state index contributed by atoms with van der Waals surface area (Å²) in [4.78, 5) is 0. The quantitative estimate of drug-likeness (QED) is 0.585. The van der Waals surface area contributed by atoms with Crippen LogP contribution in [0.3, 0.4) is 0 Å². The Bertz CT molecular complexity index is 778. The van der Waals surface area contributed by atoms with E-state index in [0.29, 0.717) is 5.75 Å². The number of ether oxygens (including phenoxy) is 2. The molecule has 0 unspecified atom stereocenters. The molecule has 1 aliphatic rings. The lowest BCUT2D eigenvalue weighted by atomic mass is 9.89. The number of thiocarbonyl (C=S) groups is 1. The summed E-state index contributed by atoms with van der Waals surface area (Å²) < 4.78 is 12.1. The van der Waals surface area contributed by atoms with Gasteiger partial charge in [-0.1, -0.05) is 42.5 Å². The fourth-order valence-corrected chi connectivity index (χ4v) is 3.30. The van der Waals surface area contributed by atoms with Crippen molar-refractivity contribution < 1.29 is 9.47 Å². The third-order valence-electron chi connectivity index (χ3n) is 4.21. The van der Waals surface area contributed by atoms with Gasteiger partial charge in [-0.15, -0.1) is 0 Å². The van der Waals surface area contributed by atoms with Gasteiger partial charge in [-0.2, -0.15) is 5.43 Å². The van der Waals surface area contributed by atoms with Gasteiger partial charge in [-0.05, 0) is 37.7 Å². The molecule has 2 aromatic carbocycles. The highest BCUT2D eigenvalue weighted by Gasteiger charge is 2.51. The molecule has 0 aromatic heterocycles. The summed E-state index contributed by atoms with van der Waals surface area (Å²) in [5.74, 6) is 0.710. The minimum Gasteiger partial charge on any atom is -0.496 e. The molecule has 1 aliphatic heterocycles. The predicted molar refractivity (Wildman–Crippen MR) is 97.4 cm³/mol. The minimum absolute atomic E-state index is 0.134. The number of para-hydroxylation sites is 1. The van der Waals surface area contributed by atoms with E-state index in [1.54, 1.807) is 7.11 Å². The Kier molecular flexibility index (Phi) is 4.21. The monoisotopic (exact) mass is 343 g/mol. The molecule has 0 fully saturated rings.